The van der Waals surface area contributed by atoms with Crippen molar-refractivity contribution >= 4 is 17.6 Å². The largest absolute Gasteiger partial charge is 0.478 e. The van der Waals surface area contributed by atoms with Gasteiger partial charge in [0, 0.05) is 13.7 Å². The monoisotopic (exact) mass is 336 g/mol. The molecule has 24 heavy (non-hydrogen) atoms. The fourth-order valence-corrected chi connectivity index (χ4v) is 2.38. The number of carbonyl (C=O) groups is 2. The van der Waals surface area contributed by atoms with Gasteiger partial charge in [-0.25, -0.2) is 4.79 Å². The zero-order valence-electron chi connectivity index (χ0n) is 14.6. The summed E-state index contributed by atoms with van der Waals surface area (Å²) < 4.78 is 5.40. The maximum atomic E-state index is 12.3. The van der Waals surface area contributed by atoms with E-state index in [-0.39, 0.29) is 18.1 Å². The molecule has 134 valence electrons. The summed E-state index contributed by atoms with van der Waals surface area (Å²) in [6.07, 6.45) is 4.96. The number of likely N-dealkylation sites (N-methyl/N-ethyl adjacent to an activating group) is 1. The average Bonchev–Trinajstić information content (AvgIpc) is 2.57. The third-order valence-electron chi connectivity index (χ3n) is 3.83. The number of nitrogens with zero attached hydrogens (tertiary/aromatic N) is 1. The van der Waals surface area contributed by atoms with Crippen LogP contribution >= 0.6 is 0 Å². The van der Waals surface area contributed by atoms with Gasteiger partial charge in [-0.3, -0.25) is 4.79 Å². The Morgan fingerprint density at radius 1 is 1.25 bits per heavy atom. The molecule has 6 heteroatoms. The number of aromatic carboxylic acids is 1. The van der Waals surface area contributed by atoms with Crippen molar-refractivity contribution in [2.45, 2.75) is 39.0 Å². The minimum absolute atomic E-state index is 0.0528. The smallest absolute Gasteiger partial charge is 0.337 e. The minimum atomic E-state index is -1.07. The molecule has 3 N–H and O–H groups in total. The second-order valence-electron chi connectivity index (χ2n) is 5.76. The molecule has 1 aromatic carbocycles. The standard InChI is InChI=1S/C18H28N2O4/c1-3-4-5-6-11-24-13-17(21)20(2)16-12-14(9-10-19)7-8-15(16)18(22)23/h7-8,12H,3-6,9-11,13,19H2,1-2H3,(H,22,23). The summed E-state index contributed by atoms with van der Waals surface area (Å²) in [6.45, 7) is 3.09. The Labute approximate surface area is 143 Å². The van der Waals surface area contributed by atoms with E-state index < -0.39 is 5.97 Å². The molecule has 0 unspecified atom stereocenters. The van der Waals surface area contributed by atoms with Gasteiger partial charge in [0.15, 0.2) is 0 Å². The van der Waals surface area contributed by atoms with E-state index in [0.29, 0.717) is 25.3 Å². The molecule has 1 rings (SSSR count). The predicted molar refractivity (Wildman–Crippen MR) is 94.5 cm³/mol. The van der Waals surface area contributed by atoms with Crippen molar-refractivity contribution in [3.63, 3.8) is 0 Å². The molecule has 0 heterocycles. The molecule has 0 aliphatic rings. The van der Waals surface area contributed by atoms with E-state index in [9.17, 15) is 14.7 Å². The number of carboxylic acids is 1. The first kappa shape index (κ1) is 20.1. The molecule has 1 aromatic rings. The minimum Gasteiger partial charge on any atom is -0.478 e. The summed E-state index contributed by atoms with van der Waals surface area (Å²) >= 11 is 0. The van der Waals surface area contributed by atoms with Crippen LogP contribution in [0.3, 0.4) is 0 Å². The summed E-state index contributed by atoms with van der Waals surface area (Å²) in [5.74, 6) is -1.33. The Kier molecular flexibility index (Phi) is 9.04. The highest BCUT2D eigenvalue weighted by molar-refractivity contribution is 6.02. The summed E-state index contributed by atoms with van der Waals surface area (Å²) in [6, 6.07) is 4.94. The number of hydrogen-bond acceptors (Lipinski definition) is 4. The highest BCUT2D eigenvalue weighted by atomic mass is 16.5. The van der Waals surface area contributed by atoms with E-state index in [1.165, 1.54) is 11.0 Å². The van der Waals surface area contributed by atoms with Gasteiger partial charge in [-0.05, 0) is 37.1 Å². The summed E-state index contributed by atoms with van der Waals surface area (Å²) in [5, 5.41) is 9.32. The molecule has 0 aromatic heterocycles. The molecule has 0 fully saturated rings. The van der Waals surface area contributed by atoms with Gasteiger partial charge in [0.05, 0.1) is 11.3 Å². The van der Waals surface area contributed by atoms with E-state index in [0.717, 1.165) is 31.2 Å². The number of rotatable bonds is 11. The van der Waals surface area contributed by atoms with Gasteiger partial charge >= 0.3 is 5.97 Å². The first-order valence-electron chi connectivity index (χ1n) is 8.41. The Hall–Kier alpha value is -1.92. The van der Waals surface area contributed by atoms with Crippen LogP contribution in [0, 0.1) is 0 Å². The lowest BCUT2D eigenvalue weighted by molar-refractivity contribution is -0.122. The highest BCUT2D eigenvalue weighted by Gasteiger charge is 2.19. The number of amides is 1. The molecule has 0 bridgehead atoms. The fraction of sp³-hybridized carbons (Fsp3) is 0.556. The zero-order chi connectivity index (χ0) is 17.9. The lowest BCUT2D eigenvalue weighted by atomic mass is 10.1. The van der Waals surface area contributed by atoms with Gasteiger partial charge in [-0.1, -0.05) is 32.3 Å². The number of ether oxygens (including phenoxy) is 1. The Bertz CT molecular complexity index is 546. The van der Waals surface area contributed by atoms with Crippen LogP contribution in [0.25, 0.3) is 0 Å². The number of hydrogen-bond donors (Lipinski definition) is 2. The van der Waals surface area contributed by atoms with Crippen LogP contribution in [0.5, 0.6) is 0 Å². The van der Waals surface area contributed by atoms with Crippen LogP contribution < -0.4 is 10.6 Å². The number of anilines is 1. The van der Waals surface area contributed by atoms with Crippen LogP contribution in [0.4, 0.5) is 5.69 Å². The Morgan fingerprint density at radius 2 is 2.00 bits per heavy atom. The fourth-order valence-electron chi connectivity index (χ4n) is 2.38. The third kappa shape index (κ3) is 6.29. The van der Waals surface area contributed by atoms with Crippen molar-refractivity contribution < 1.29 is 19.4 Å². The Morgan fingerprint density at radius 3 is 2.62 bits per heavy atom. The maximum absolute atomic E-state index is 12.3. The van der Waals surface area contributed by atoms with Crippen LogP contribution in [0.15, 0.2) is 18.2 Å². The molecule has 0 aliphatic heterocycles. The van der Waals surface area contributed by atoms with Crippen LogP contribution in [-0.4, -0.2) is 43.8 Å². The van der Waals surface area contributed by atoms with Gasteiger partial charge in [0.25, 0.3) is 5.91 Å². The molecule has 0 saturated heterocycles. The van der Waals surface area contributed by atoms with E-state index >= 15 is 0 Å². The van der Waals surface area contributed by atoms with Crippen molar-refractivity contribution in [2.75, 3.05) is 31.7 Å². The van der Waals surface area contributed by atoms with Crippen molar-refractivity contribution in [3.05, 3.63) is 29.3 Å². The van der Waals surface area contributed by atoms with E-state index in [2.05, 4.69) is 6.92 Å². The lowest BCUT2D eigenvalue weighted by Gasteiger charge is -2.20. The van der Waals surface area contributed by atoms with Crippen molar-refractivity contribution in [2.24, 2.45) is 5.73 Å². The quantitative estimate of drug-likeness (QED) is 0.606. The second-order valence-corrected chi connectivity index (χ2v) is 5.76. The highest BCUT2D eigenvalue weighted by Crippen LogP contribution is 2.22. The lowest BCUT2D eigenvalue weighted by Crippen LogP contribution is -2.31. The molecule has 1 amide bonds. The molecule has 0 atom stereocenters. The summed E-state index contributed by atoms with van der Waals surface area (Å²) in [5.41, 5.74) is 6.90. The van der Waals surface area contributed by atoms with Crippen molar-refractivity contribution in [3.8, 4) is 0 Å². The number of carboxylic acid groups (broad SMARTS) is 1. The van der Waals surface area contributed by atoms with Gasteiger partial charge in [-0.15, -0.1) is 0 Å². The SMILES string of the molecule is CCCCCCOCC(=O)N(C)c1cc(CCN)ccc1C(=O)O. The first-order valence-corrected chi connectivity index (χ1v) is 8.41. The van der Waals surface area contributed by atoms with Crippen molar-refractivity contribution in [1.29, 1.82) is 0 Å². The van der Waals surface area contributed by atoms with Gasteiger partial charge < -0.3 is 20.5 Å². The van der Waals surface area contributed by atoms with E-state index in [1.54, 1.807) is 19.2 Å². The molecule has 6 nitrogen and oxygen atoms in total. The van der Waals surface area contributed by atoms with E-state index in [1.807, 2.05) is 0 Å². The molecule has 0 saturated carbocycles. The average molecular weight is 336 g/mol. The molecule has 0 spiro atoms. The number of nitrogens with two attached hydrogens (primary N) is 1. The van der Waals surface area contributed by atoms with Crippen LogP contribution in [0.1, 0.15) is 48.5 Å². The topological polar surface area (TPSA) is 92.9 Å². The molecule has 0 aliphatic carbocycles. The Balaban J connectivity index is 2.70. The predicted octanol–water partition coefficient (Wildman–Crippen LogP) is 2.45. The summed E-state index contributed by atoms with van der Waals surface area (Å²) in [7, 11) is 1.57. The van der Waals surface area contributed by atoms with E-state index in [4.69, 9.17) is 10.5 Å². The molecular formula is C18H28N2O4. The zero-order valence-corrected chi connectivity index (χ0v) is 14.6. The van der Waals surface area contributed by atoms with Crippen LogP contribution in [0.2, 0.25) is 0 Å². The normalized spacial score (nSPS) is 10.6. The molecule has 0 radical (unpaired) electrons. The molecular weight excluding hydrogens is 308 g/mol. The van der Waals surface area contributed by atoms with Gasteiger partial charge in [0.1, 0.15) is 6.61 Å². The third-order valence-corrected chi connectivity index (χ3v) is 3.83. The van der Waals surface area contributed by atoms with Crippen molar-refractivity contribution in [1.82, 2.24) is 0 Å². The second kappa shape index (κ2) is 10.8. The van der Waals surface area contributed by atoms with Gasteiger partial charge in [-0.2, -0.15) is 0 Å². The van der Waals surface area contributed by atoms with Crippen LogP contribution in [-0.2, 0) is 16.0 Å². The summed E-state index contributed by atoms with van der Waals surface area (Å²) in [4.78, 5) is 25.0. The van der Waals surface area contributed by atoms with Gasteiger partial charge in [0.2, 0.25) is 0 Å². The first-order chi connectivity index (χ1) is 11.5. The number of unbranched alkanes of at least 4 members (excludes halogenated alkanes) is 3. The number of benzene rings is 1. The number of carbonyl (C=O) groups excluding carboxylic acids is 1. The maximum Gasteiger partial charge on any atom is 0.337 e.